The Morgan fingerprint density at radius 3 is 2.92 bits per heavy atom. The van der Waals surface area contributed by atoms with Gasteiger partial charge < -0.3 is 15.0 Å². The third-order valence-corrected chi connectivity index (χ3v) is 1.31. The standard InChI is InChI=1S/C7H10F2N2O2/c8-7(9)4-12-3-6-1-5(2-10)11-13-6/h1,7H,2-4,10H2. The van der Waals surface area contributed by atoms with E-state index in [1.807, 2.05) is 0 Å². The van der Waals surface area contributed by atoms with Gasteiger partial charge in [0, 0.05) is 12.6 Å². The molecular formula is C7H10F2N2O2. The highest BCUT2D eigenvalue weighted by molar-refractivity contribution is 5.03. The Balaban J connectivity index is 2.28. The van der Waals surface area contributed by atoms with E-state index in [1.54, 1.807) is 6.07 Å². The van der Waals surface area contributed by atoms with Crippen LogP contribution >= 0.6 is 0 Å². The van der Waals surface area contributed by atoms with Crippen LogP contribution in [0.5, 0.6) is 0 Å². The molecule has 6 heteroatoms. The summed E-state index contributed by atoms with van der Waals surface area (Å²) < 4.78 is 32.6. The molecule has 1 aromatic heterocycles. The molecule has 0 spiro atoms. The fraction of sp³-hybridized carbons (Fsp3) is 0.571. The fourth-order valence-electron chi connectivity index (χ4n) is 0.769. The van der Waals surface area contributed by atoms with Gasteiger partial charge in [-0.05, 0) is 0 Å². The molecule has 0 radical (unpaired) electrons. The van der Waals surface area contributed by atoms with Gasteiger partial charge in [0.2, 0.25) is 0 Å². The highest BCUT2D eigenvalue weighted by Gasteiger charge is 2.05. The van der Waals surface area contributed by atoms with Gasteiger partial charge in [-0.15, -0.1) is 0 Å². The van der Waals surface area contributed by atoms with Crippen molar-refractivity contribution in [1.82, 2.24) is 5.16 Å². The van der Waals surface area contributed by atoms with Crippen LogP contribution in [0.2, 0.25) is 0 Å². The normalized spacial score (nSPS) is 11.1. The second kappa shape index (κ2) is 4.88. The summed E-state index contributed by atoms with van der Waals surface area (Å²) >= 11 is 0. The molecule has 0 atom stereocenters. The van der Waals surface area contributed by atoms with E-state index in [-0.39, 0.29) is 13.2 Å². The molecule has 0 saturated heterocycles. The molecule has 4 nitrogen and oxygen atoms in total. The highest BCUT2D eigenvalue weighted by atomic mass is 19.3. The van der Waals surface area contributed by atoms with Gasteiger partial charge in [-0.3, -0.25) is 0 Å². The Bertz CT molecular complexity index is 252. The Kier molecular flexibility index (Phi) is 3.78. The van der Waals surface area contributed by atoms with Crippen molar-refractivity contribution in [2.24, 2.45) is 5.73 Å². The SMILES string of the molecule is NCc1cc(COCC(F)F)on1. The second-order valence-electron chi connectivity index (χ2n) is 2.39. The summed E-state index contributed by atoms with van der Waals surface area (Å²) in [5, 5.41) is 3.56. The van der Waals surface area contributed by atoms with Gasteiger partial charge in [-0.1, -0.05) is 5.16 Å². The minimum absolute atomic E-state index is 0.00264. The Labute approximate surface area is 73.6 Å². The molecule has 13 heavy (non-hydrogen) atoms. The lowest BCUT2D eigenvalue weighted by atomic mass is 10.4. The predicted molar refractivity (Wildman–Crippen MR) is 40.1 cm³/mol. The third kappa shape index (κ3) is 3.47. The van der Waals surface area contributed by atoms with Crippen molar-refractivity contribution in [3.8, 4) is 0 Å². The number of rotatable bonds is 5. The van der Waals surface area contributed by atoms with E-state index >= 15 is 0 Å². The molecule has 1 heterocycles. The smallest absolute Gasteiger partial charge is 0.261 e. The maximum absolute atomic E-state index is 11.6. The van der Waals surface area contributed by atoms with Gasteiger partial charge in [0.25, 0.3) is 6.43 Å². The molecule has 0 aliphatic carbocycles. The van der Waals surface area contributed by atoms with E-state index in [4.69, 9.17) is 10.3 Å². The number of hydrogen-bond donors (Lipinski definition) is 1. The zero-order valence-electron chi connectivity index (χ0n) is 6.87. The molecule has 74 valence electrons. The summed E-state index contributed by atoms with van der Waals surface area (Å²) in [6.07, 6.45) is -2.46. The van der Waals surface area contributed by atoms with Crippen molar-refractivity contribution in [1.29, 1.82) is 0 Å². The molecule has 0 fully saturated rings. The minimum Gasteiger partial charge on any atom is -0.367 e. The molecule has 0 bridgehead atoms. The first-order valence-corrected chi connectivity index (χ1v) is 3.73. The quantitative estimate of drug-likeness (QED) is 0.753. The van der Waals surface area contributed by atoms with Gasteiger partial charge in [-0.25, -0.2) is 8.78 Å². The number of alkyl halides is 2. The monoisotopic (exact) mass is 192 g/mol. The Hall–Kier alpha value is -1.01. The second-order valence-corrected chi connectivity index (χ2v) is 2.39. The maximum Gasteiger partial charge on any atom is 0.261 e. The van der Waals surface area contributed by atoms with Crippen LogP contribution in [-0.2, 0) is 17.9 Å². The summed E-state index contributed by atoms with van der Waals surface area (Å²) in [4.78, 5) is 0. The van der Waals surface area contributed by atoms with E-state index in [1.165, 1.54) is 0 Å². The number of nitrogens with two attached hydrogens (primary N) is 1. The first-order valence-electron chi connectivity index (χ1n) is 3.73. The molecule has 0 aromatic carbocycles. The molecule has 1 rings (SSSR count). The minimum atomic E-state index is -2.46. The van der Waals surface area contributed by atoms with E-state index < -0.39 is 13.0 Å². The van der Waals surface area contributed by atoms with Gasteiger partial charge >= 0.3 is 0 Å². The van der Waals surface area contributed by atoms with Gasteiger partial charge in [0.05, 0.1) is 5.69 Å². The topological polar surface area (TPSA) is 61.3 Å². The van der Waals surface area contributed by atoms with Gasteiger partial charge in [0.15, 0.2) is 5.76 Å². The summed E-state index contributed by atoms with van der Waals surface area (Å²) in [7, 11) is 0. The maximum atomic E-state index is 11.6. The van der Waals surface area contributed by atoms with Crippen molar-refractivity contribution in [3.05, 3.63) is 17.5 Å². The van der Waals surface area contributed by atoms with Crippen molar-refractivity contribution in [2.45, 2.75) is 19.6 Å². The zero-order valence-corrected chi connectivity index (χ0v) is 6.87. The molecule has 0 saturated carbocycles. The van der Waals surface area contributed by atoms with Crippen molar-refractivity contribution < 1.29 is 18.0 Å². The van der Waals surface area contributed by atoms with Crippen LogP contribution in [0.3, 0.4) is 0 Å². The molecule has 0 unspecified atom stereocenters. The van der Waals surface area contributed by atoms with Crippen LogP contribution in [0.1, 0.15) is 11.5 Å². The van der Waals surface area contributed by atoms with E-state index in [2.05, 4.69) is 9.89 Å². The average molecular weight is 192 g/mol. The van der Waals surface area contributed by atoms with E-state index in [0.717, 1.165) is 0 Å². The van der Waals surface area contributed by atoms with Crippen LogP contribution in [0.15, 0.2) is 10.6 Å². The van der Waals surface area contributed by atoms with Crippen LogP contribution in [0, 0.1) is 0 Å². The zero-order chi connectivity index (χ0) is 9.68. The number of hydrogen-bond acceptors (Lipinski definition) is 4. The first kappa shape index (κ1) is 10.1. The van der Waals surface area contributed by atoms with E-state index in [9.17, 15) is 8.78 Å². The summed E-state index contributed by atoms with van der Waals surface area (Å²) in [5.41, 5.74) is 5.84. The third-order valence-electron chi connectivity index (χ3n) is 1.31. The number of aromatic nitrogens is 1. The first-order chi connectivity index (χ1) is 6.22. The molecular weight excluding hydrogens is 182 g/mol. The summed E-state index contributed by atoms with van der Waals surface area (Å²) in [6.45, 7) is -0.339. The molecule has 2 N–H and O–H groups in total. The molecule has 1 aromatic rings. The Morgan fingerprint density at radius 2 is 2.38 bits per heavy atom. The molecule has 0 amide bonds. The molecule has 0 aliphatic rings. The fourth-order valence-corrected chi connectivity index (χ4v) is 0.769. The van der Waals surface area contributed by atoms with Gasteiger partial charge in [-0.2, -0.15) is 0 Å². The highest BCUT2D eigenvalue weighted by Crippen LogP contribution is 2.05. The number of ether oxygens (including phenoxy) is 1. The lowest BCUT2D eigenvalue weighted by Gasteiger charge is -1.98. The lowest BCUT2D eigenvalue weighted by molar-refractivity contribution is 0.00311. The van der Waals surface area contributed by atoms with E-state index in [0.29, 0.717) is 11.5 Å². The summed E-state index contributed by atoms with van der Waals surface area (Å²) in [6, 6.07) is 1.57. The van der Waals surface area contributed by atoms with Crippen LogP contribution in [-0.4, -0.2) is 18.2 Å². The van der Waals surface area contributed by atoms with Crippen LogP contribution < -0.4 is 5.73 Å². The lowest BCUT2D eigenvalue weighted by Crippen LogP contribution is -2.03. The predicted octanol–water partition coefficient (Wildman–Crippen LogP) is 0.915. The van der Waals surface area contributed by atoms with Crippen LogP contribution in [0.25, 0.3) is 0 Å². The van der Waals surface area contributed by atoms with Crippen molar-refractivity contribution in [3.63, 3.8) is 0 Å². The summed E-state index contributed by atoms with van der Waals surface area (Å²) in [5.74, 6) is 0.404. The van der Waals surface area contributed by atoms with Crippen LogP contribution in [0.4, 0.5) is 8.78 Å². The van der Waals surface area contributed by atoms with Gasteiger partial charge in [0.1, 0.15) is 13.2 Å². The average Bonchev–Trinajstić information content (AvgIpc) is 2.52. The number of nitrogens with zero attached hydrogens (tertiary/aromatic N) is 1. The largest absolute Gasteiger partial charge is 0.367 e. The van der Waals surface area contributed by atoms with Crippen molar-refractivity contribution in [2.75, 3.05) is 6.61 Å². The Morgan fingerprint density at radius 1 is 1.62 bits per heavy atom. The number of halogens is 2. The van der Waals surface area contributed by atoms with Crippen molar-refractivity contribution >= 4 is 0 Å². The molecule has 0 aliphatic heterocycles.